The van der Waals surface area contributed by atoms with Gasteiger partial charge in [-0.2, -0.15) is 0 Å². The molecule has 1 aromatic heterocycles. The summed E-state index contributed by atoms with van der Waals surface area (Å²) in [6, 6.07) is 9.38. The summed E-state index contributed by atoms with van der Waals surface area (Å²) in [6.07, 6.45) is 15.7. The summed E-state index contributed by atoms with van der Waals surface area (Å²) >= 11 is 0. The summed E-state index contributed by atoms with van der Waals surface area (Å²) < 4.78 is 0. The number of hydrogen-bond acceptors (Lipinski definition) is 0. The van der Waals surface area contributed by atoms with Crippen molar-refractivity contribution in [2.75, 3.05) is 0 Å². The molecule has 2 saturated carbocycles. The molecule has 0 aliphatic heterocycles. The number of nitrogens with zero attached hydrogens (tertiary/aromatic N) is 1. The van der Waals surface area contributed by atoms with Crippen LogP contribution in [0.2, 0.25) is 0 Å². The maximum atomic E-state index is 7.81. The Bertz CT molecular complexity index is 1180. The van der Waals surface area contributed by atoms with E-state index in [0.717, 1.165) is 12.1 Å². The fourth-order valence-corrected chi connectivity index (χ4v) is 7.36. The molecule has 0 unspecified atom stereocenters. The normalized spacial score (nSPS) is 22.0. The zero-order valence-corrected chi connectivity index (χ0v) is 18.2. The van der Waals surface area contributed by atoms with Crippen LogP contribution in [-0.2, 0) is 18.3 Å². The van der Waals surface area contributed by atoms with Gasteiger partial charge in [0.25, 0.3) is 0 Å². The van der Waals surface area contributed by atoms with Crippen LogP contribution < -0.4 is 0 Å². The first-order chi connectivity index (χ1) is 14.7. The second kappa shape index (κ2) is 6.61. The summed E-state index contributed by atoms with van der Waals surface area (Å²) in [4.78, 5) is 7.64. The Labute approximate surface area is 179 Å². The van der Waals surface area contributed by atoms with Gasteiger partial charge in [0.2, 0.25) is 0 Å². The number of benzene rings is 2. The van der Waals surface area contributed by atoms with Crippen LogP contribution >= 0.6 is 0 Å². The maximum absolute atomic E-state index is 7.81. The smallest absolute Gasteiger partial charge is 0.192 e. The Morgan fingerprint density at radius 1 is 0.900 bits per heavy atom. The highest BCUT2D eigenvalue weighted by atomic mass is 14.7. The first-order valence-electron chi connectivity index (χ1n) is 12.2. The molecule has 0 radical (unpaired) electrons. The Kier molecular flexibility index (Phi) is 4.08. The Hall–Kier alpha value is -2.27. The lowest BCUT2D eigenvalue weighted by Crippen LogP contribution is -2.28. The van der Waals surface area contributed by atoms with Gasteiger partial charge < -0.3 is 4.98 Å². The fourth-order valence-electron chi connectivity index (χ4n) is 7.36. The predicted molar refractivity (Wildman–Crippen MR) is 125 cm³/mol. The van der Waals surface area contributed by atoms with E-state index in [2.05, 4.69) is 41.0 Å². The van der Waals surface area contributed by atoms with E-state index in [-0.39, 0.29) is 0 Å². The van der Waals surface area contributed by atoms with Gasteiger partial charge in [-0.25, -0.2) is 4.85 Å². The molecule has 6 rings (SSSR count). The van der Waals surface area contributed by atoms with Crippen LogP contribution in [-0.4, -0.2) is 4.98 Å². The highest BCUT2D eigenvalue weighted by Gasteiger charge is 2.41. The zero-order chi connectivity index (χ0) is 20.3. The number of rotatable bonds is 2. The topological polar surface area (TPSA) is 20.1 Å². The minimum absolute atomic E-state index is 0.363. The summed E-state index contributed by atoms with van der Waals surface area (Å²) in [6.45, 7) is 10.2. The SMILES string of the molecule is [C-]#[N+]c1cc2[nH]c3ccc(C4(CC)CCCCC4)cc3c2c2c1CC1(CCCC1)C2. The zero-order valence-electron chi connectivity index (χ0n) is 18.2. The average molecular weight is 397 g/mol. The lowest BCUT2D eigenvalue weighted by molar-refractivity contribution is 0.283. The minimum atomic E-state index is 0.363. The molecule has 0 atom stereocenters. The van der Waals surface area contributed by atoms with Gasteiger partial charge in [-0.3, -0.25) is 0 Å². The maximum Gasteiger partial charge on any atom is 0.192 e. The summed E-state index contributed by atoms with van der Waals surface area (Å²) in [5, 5.41) is 2.84. The van der Waals surface area contributed by atoms with E-state index in [1.165, 1.54) is 104 Å². The van der Waals surface area contributed by atoms with Crippen LogP contribution in [0.25, 0.3) is 26.7 Å². The molecule has 0 amide bonds. The van der Waals surface area contributed by atoms with E-state index in [1.807, 2.05) is 0 Å². The van der Waals surface area contributed by atoms with E-state index < -0.39 is 0 Å². The largest absolute Gasteiger partial charge is 0.356 e. The fraction of sp³-hybridized carbons (Fsp3) is 0.536. The predicted octanol–water partition coefficient (Wildman–Crippen LogP) is 8.14. The van der Waals surface area contributed by atoms with Gasteiger partial charge in [0, 0.05) is 21.8 Å². The number of hydrogen-bond donors (Lipinski definition) is 1. The second-order valence-electron chi connectivity index (χ2n) is 10.5. The first kappa shape index (κ1) is 18.5. The molecular formula is C28H32N2. The molecule has 0 bridgehead atoms. The van der Waals surface area contributed by atoms with E-state index in [0.29, 0.717) is 10.8 Å². The summed E-state index contributed by atoms with van der Waals surface area (Å²) in [5.74, 6) is 0. The van der Waals surface area contributed by atoms with Gasteiger partial charge in [0.05, 0.1) is 6.57 Å². The van der Waals surface area contributed by atoms with Crippen molar-refractivity contribution in [1.82, 2.24) is 4.98 Å². The quantitative estimate of drug-likeness (QED) is 0.422. The third kappa shape index (κ3) is 2.54. The van der Waals surface area contributed by atoms with E-state index in [1.54, 1.807) is 5.56 Å². The highest BCUT2D eigenvalue weighted by Crippen LogP contribution is 2.54. The molecule has 2 nitrogen and oxygen atoms in total. The molecule has 30 heavy (non-hydrogen) atoms. The van der Waals surface area contributed by atoms with E-state index in [4.69, 9.17) is 6.57 Å². The molecular weight excluding hydrogens is 364 g/mol. The number of H-pyrrole nitrogens is 1. The van der Waals surface area contributed by atoms with Gasteiger partial charge in [0.1, 0.15) is 0 Å². The van der Waals surface area contributed by atoms with E-state index in [9.17, 15) is 0 Å². The van der Waals surface area contributed by atoms with Crippen molar-refractivity contribution >= 4 is 27.5 Å². The number of fused-ring (bicyclic) bond motifs is 5. The molecule has 1 spiro atoms. The Morgan fingerprint density at radius 3 is 2.37 bits per heavy atom. The van der Waals surface area contributed by atoms with Gasteiger partial charge in [-0.15, -0.1) is 0 Å². The van der Waals surface area contributed by atoms with Crippen LogP contribution in [0, 0.1) is 12.0 Å². The van der Waals surface area contributed by atoms with Crippen LogP contribution in [0.15, 0.2) is 24.3 Å². The Balaban J connectivity index is 1.58. The van der Waals surface area contributed by atoms with Gasteiger partial charge in [0.15, 0.2) is 5.69 Å². The van der Waals surface area contributed by atoms with Crippen LogP contribution in [0.3, 0.4) is 0 Å². The molecule has 1 N–H and O–H groups in total. The highest BCUT2D eigenvalue weighted by molar-refractivity contribution is 6.11. The van der Waals surface area contributed by atoms with Crippen molar-refractivity contribution in [2.24, 2.45) is 5.41 Å². The van der Waals surface area contributed by atoms with Crippen molar-refractivity contribution < 1.29 is 0 Å². The first-order valence-corrected chi connectivity index (χ1v) is 12.2. The lowest BCUT2D eigenvalue weighted by Gasteiger charge is -2.37. The standard InChI is InChI=1S/C28H32N2/c1-3-28(13-5-4-6-14-28)19-9-10-23-20(15-19)26-22-18-27(11-7-8-12-27)17-21(22)24(29-2)16-25(26)30-23/h9-10,15-16,30H,3-8,11-14,17-18H2,1H3. The molecule has 3 aromatic rings. The van der Waals surface area contributed by atoms with Crippen molar-refractivity contribution in [3.8, 4) is 0 Å². The van der Waals surface area contributed by atoms with Gasteiger partial charge in [-0.05, 0) is 90.7 Å². The van der Waals surface area contributed by atoms with Crippen molar-refractivity contribution in [3.05, 3.63) is 52.4 Å². The van der Waals surface area contributed by atoms with Crippen LogP contribution in [0.5, 0.6) is 0 Å². The van der Waals surface area contributed by atoms with Crippen molar-refractivity contribution in [1.29, 1.82) is 0 Å². The average Bonchev–Trinajstić information content (AvgIpc) is 3.49. The molecule has 1 heterocycles. The lowest BCUT2D eigenvalue weighted by atomic mass is 9.67. The third-order valence-corrected chi connectivity index (χ3v) is 9.07. The monoisotopic (exact) mass is 396 g/mol. The minimum Gasteiger partial charge on any atom is -0.356 e. The molecule has 3 aliphatic carbocycles. The molecule has 154 valence electrons. The molecule has 0 saturated heterocycles. The summed E-state index contributed by atoms with van der Waals surface area (Å²) in [5.41, 5.74) is 8.53. The Morgan fingerprint density at radius 2 is 1.63 bits per heavy atom. The number of nitrogens with one attached hydrogen (secondary N) is 1. The molecule has 3 aliphatic rings. The number of aromatic nitrogens is 1. The van der Waals surface area contributed by atoms with Crippen LogP contribution in [0.4, 0.5) is 5.69 Å². The van der Waals surface area contributed by atoms with E-state index >= 15 is 0 Å². The third-order valence-electron chi connectivity index (χ3n) is 9.07. The second-order valence-corrected chi connectivity index (χ2v) is 10.5. The molecule has 2 aromatic carbocycles. The molecule has 2 heteroatoms. The summed E-state index contributed by atoms with van der Waals surface area (Å²) in [7, 11) is 0. The van der Waals surface area contributed by atoms with Crippen molar-refractivity contribution in [3.63, 3.8) is 0 Å². The van der Waals surface area contributed by atoms with Gasteiger partial charge in [-0.1, -0.05) is 45.1 Å². The molecule has 2 fully saturated rings. The van der Waals surface area contributed by atoms with Crippen LogP contribution in [0.1, 0.15) is 87.8 Å². The van der Waals surface area contributed by atoms with Crippen molar-refractivity contribution in [2.45, 2.75) is 89.4 Å². The van der Waals surface area contributed by atoms with Gasteiger partial charge >= 0.3 is 0 Å². The number of aromatic amines is 1.